The van der Waals surface area contributed by atoms with Gasteiger partial charge in [0.1, 0.15) is 23.7 Å². The summed E-state index contributed by atoms with van der Waals surface area (Å²) in [6.07, 6.45) is 9.58. The topological polar surface area (TPSA) is 95.6 Å². The molecule has 2 N–H and O–H groups in total. The van der Waals surface area contributed by atoms with E-state index in [4.69, 9.17) is 4.74 Å². The van der Waals surface area contributed by atoms with Gasteiger partial charge in [0, 0.05) is 45.7 Å². The van der Waals surface area contributed by atoms with Gasteiger partial charge >= 0.3 is 0 Å². The SMILES string of the molecule is Fc1ccc(-c2ccnc3[nH]c(-c4n[nH]c5cnc(-c6cncc(OCCN7CCCC7)c6)cc45)cc23)s1. The molecule has 0 amide bonds. The third kappa shape index (κ3) is 4.31. The van der Waals surface area contributed by atoms with E-state index in [0.717, 1.165) is 91.7 Å². The number of fused-ring (bicyclic) bond motifs is 2. The van der Waals surface area contributed by atoms with Crippen molar-refractivity contribution in [3.63, 3.8) is 0 Å². The van der Waals surface area contributed by atoms with Crippen molar-refractivity contribution in [2.75, 3.05) is 26.2 Å². The van der Waals surface area contributed by atoms with E-state index < -0.39 is 0 Å². The lowest BCUT2D eigenvalue weighted by molar-refractivity contribution is 0.237. The fourth-order valence-electron chi connectivity index (χ4n) is 5.04. The van der Waals surface area contributed by atoms with Crippen LogP contribution in [0.15, 0.2) is 61.2 Å². The van der Waals surface area contributed by atoms with Crippen LogP contribution in [0.25, 0.3) is 55.0 Å². The van der Waals surface area contributed by atoms with Crippen LogP contribution in [-0.2, 0) is 0 Å². The van der Waals surface area contributed by atoms with Gasteiger partial charge in [0.2, 0.25) is 0 Å². The molecule has 1 saturated heterocycles. The van der Waals surface area contributed by atoms with Gasteiger partial charge in [0.15, 0.2) is 5.13 Å². The molecule has 8 nitrogen and oxygen atoms in total. The number of thiophene rings is 1. The van der Waals surface area contributed by atoms with Gasteiger partial charge in [-0.05, 0) is 62.3 Å². The minimum absolute atomic E-state index is 0.213. The number of aromatic nitrogens is 6. The van der Waals surface area contributed by atoms with E-state index in [1.165, 1.54) is 18.9 Å². The minimum atomic E-state index is -0.213. The molecule has 6 aromatic heterocycles. The predicted octanol–water partition coefficient (Wildman–Crippen LogP) is 5.91. The summed E-state index contributed by atoms with van der Waals surface area (Å²) in [5.74, 6) is 0.732. The summed E-state index contributed by atoms with van der Waals surface area (Å²) in [6, 6.07) is 11.2. The number of nitrogens with one attached hydrogen (secondary N) is 2. The van der Waals surface area contributed by atoms with Crippen LogP contribution in [0, 0.1) is 5.13 Å². The Bertz CT molecular complexity index is 1750. The Morgan fingerprint density at radius 1 is 1.00 bits per heavy atom. The molecule has 0 aromatic carbocycles. The Morgan fingerprint density at radius 3 is 2.79 bits per heavy atom. The summed E-state index contributed by atoms with van der Waals surface area (Å²) in [5.41, 5.74) is 5.70. The van der Waals surface area contributed by atoms with Gasteiger partial charge < -0.3 is 9.72 Å². The molecule has 38 heavy (non-hydrogen) atoms. The molecule has 0 spiro atoms. The number of aromatic amines is 2. The third-order valence-electron chi connectivity index (χ3n) is 6.96. The zero-order valence-corrected chi connectivity index (χ0v) is 21.3. The highest BCUT2D eigenvalue weighted by molar-refractivity contribution is 7.14. The van der Waals surface area contributed by atoms with Gasteiger partial charge in [-0.15, -0.1) is 11.3 Å². The molecule has 0 aliphatic carbocycles. The maximum absolute atomic E-state index is 13.7. The number of hydrogen-bond donors (Lipinski definition) is 2. The zero-order chi connectivity index (χ0) is 25.5. The van der Waals surface area contributed by atoms with Crippen molar-refractivity contribution in [1.82, 2.24) is 35.0 Å². The van der Waals surface area contributed by atoms with Crippen LogP contribution in [0.2, 0.25) is 0 Å². The molecule has 1 aliphatic heterocycles. The van der Waals surface area contributed by atoms with Gasteiger partial charge in [-0.1, -0.05) is 0 Å². The minimum Gasteiger partial charge on any atom is -0.491 e. The summed E-state index contributed by atoms with van der Waals surface area (Å²) in [4.78, 5) is 20.2. The molecular formula is C28H24FN7OS. The number of pyridine rings is 3. The summed E-state index contributed by atoms with van der Waals surface area (Å²) >= 11 is 1.12. The standard InChI is InChI=1S/C28H24FN7OS/c29-26-4-3-25(38-26)19-5-6-31-28-20(19)12-23(33-28)27-21-13-22(32-16-24(21)34-35-27)17-11-18(15-30-14-17)37-10-9-36-7-1-2-8-36/h3-6,11-16H,1-2,7-10H2,(H,31,33)(H,34,35). The Labute approximate surface area is 221 Å². The average Bonchev–Trinajstić information content (AvgIpc) is 3.74. The first-order valence-corrected chi connectivity index (χ1v) is 13.4. The number of H-pyrrole nitrogens is 2. The van der Waals surface area contributed by atoms with E-state index in [1.807, 2.05) is 24.3 Å². The van der Waals surface area contributed by atoms with E-state index in [2.05, 4.69) is 35.0 Å². The number of rotatable bonds is 7. The predicted molar refractivity (Wildman–Crippen MR) is 147 cm³/mol. The van der Waals surface area contributed by atoms with E-state index >= 15 is 0 Å². The van der Waals surface area contributed by atoms with Crippen LogP contribution < -0.4 is 4.74 Å². The Balaban J connectivity index is 1.20. The van der Waals surface area contributed by atoms with Crippen molar-refractivity contribution in [2.45, 2.75) is 12.8 Å². The quantitative estimate of drug-likeness (QED) is 0.269. The molecule has 0 saturated carbocycles. The number of halogens is 1. The molecular weight excluding hydrogens is 501 g/mol. The number of nitrogens with zero attached hydrogens (tertiary/aromatic N) is 5. The molecule has 10 heteroatoms. The fourth-order valence-corrected chi connectivity index (χ4v) is 5.82. The molecule has 7 rings (SSSR count). The molecule has 7 heterocycles. The first kappa shape index (κ1) is 23.0. The summed E-state index contributed by atoms with van der Waals surface area (Å²) in [5, 5.41) is 9.27. The largest absolute Gasteiger partial charge is 0.491 e. The fraction of sp³-hybridized carbons (Fsp3) is 0.214. The zero-order valence-electron chi connectivity index (χ0n) is 20.4. The maximum atomic E-state index is 13.7. The van der Waals surface area contributed by atoms with Crippen molar-refractivity contribution in [3.8, 4) is 38.8 Å². The Kier molecular flexibility index (Phi) is 5.82. The smallest absolute Gasteiger partial charge is 0.176 e. The van der Waals surface area contributed by atoms with Gasteiger partial charge in [-0.3, -0.25) is 20.0 Å². The lowest BCUT2D eigenvalue weighted by atomic mass is 10.1. The molecule has 190 valence electrons. The van der Waals surface area contributed by atoms with Gasteiger partial charge in [0.25, 0.3) is 0 Å². The van der Waals surface area contributed by atoms with Gasteiger partial charge in [-0.2, -0.15) is 9.49 Å². The Morgan fingerprint density at radius 2 is 1.92 bits per heavy atom. The van der Waals surface area contributed by atoms with Gasteiger partial charge in [-0.25, -0.2) is 4.98 Å². The van der Waals surface area contributed by atoms with Crippen molar-refractivity contribution in [1.29, 1.82) is 0 Å². The molecule has 1 aliphatic rings. The highest BCUT2D eigenvalue weighted by atomic mass is 32.1. The second-order valence-corrected chi connectivity index (χ2v) is 10.4. The van der Waals surface area contributed by atoms with Crippen LogP contribution in [-0.4, -0.2) is 61.3 Å². The van der Waals surface area contributed by atoms with Crippen LogP contribution in [0.4, 0.5) is 4.39 Å². The van der Waals surface area contributed by atoms with Crippen molar-refractivity contribution < 1.29 is 9.13 Å². The highest BCUT2D eigenvalue weighted by Crippen LogP contribution is 2.36. The van der Waals surface area contributed by atoms with Crippen LogP contribution >= 0.6 is 11.3 Å². The van der Waals surface area contributed by atoms with E-state index in [1.54, 1.807) is 30.9 Å². The Hall–Kier alpha value is -4.15. The van der Waals surface area contributed by atoms with Crippen LogP contribution in [0.5, 0.6) is 5.75 Å². The third-order valence-corrected chi connectivity index (χ3v) is 7.86. The number of ether oxygens (including phenoxy) is 1. The summed E-state index contributed by atoms with van der Waals surface area (Å²) in [6.45, 7) is 3.87. The molecule has 1 fully saturated rings. The lowest BCUT2D eigenvalue weighted by Gasteiger charge is -2.15. The lowest BCUT2D eigenvalue weighted by Crippen LogP contribution is -2.25. The average molecular weight is 526 g/mol. The van der Waals surface area contributed by atoms with Crippen molar-refractivity contribution in [2.24, 2.45) is 0 Å². The summed E-state index contributed by atoms with van der Waals surface area (Å²) in [7, 11) is 0. The normalized spacial score (nSPS) is 14.1. The van der Waals surface area contributed by atoms with E-state index in [0.29, 0.717) is 6.61 Å². The molecule has 0 unspecified atom stereocenters. The second kappa shape index (κ2) is 9.62. The molecule has 0 atom stereocenters. The van der Waals surface area contributed by atoms with E-state index in [9.17, 15) is 4.39 Å². The van der Waals surface area contributed by atoms with Crippen LogP contribution in [0.1, 0.15) is 12.8 Å². The maximum Gasteiger partial charge on any atom is 0.176 e. The van der Waals surface area contributed by atoms with Gasteiger partial charge in [0.05, 0.1) is 29.3 Å². The monoisotopic (exact) mass is 525 g/mol. The van der Waals surface area contributed by atoms with Crippen LogP contribution in [0.3, 0.4) is 0 Å². The number of likely N-dealkylation sites (tertiary alicyclic amines) is 1. The first-order valence-electron chi connectivity index (χ1n) is 12.6. The number of hydrogen-bond acceptors (Lipinski definition) is 7. The van der Waals surface area contributed by atoms with Crippen molar-refractivity contribution >= 4 is 33.3 Å². The highest BCUT2D eigenvalue weighted by Gasteiger charge is 2.17. The molecule has 6 aromatic rings. The molecule has 0 bridgehead atoms. The van der Waals surface area contributed by atoms with Crippen molar-refractivity contribution in [3.05, 3.63) is 66.3 Å². The van der Waals surface area contributed by atoms with E-state index in [-0.39, 0.29) is 5.13 Å². The summed E-state index contributed by atoms with van der Waals surface area (Å²) < 4.78 is 19.7. The second-order valence-electron chi connectivity index (χ2n) is 9.40. The first-order chi connectivity index (χ1) is 18.7. The molecule has 0 radical (unpaired) electrons.